The smallest absolute Gasteiger partial charge is 0.211 e. The van der Waals surface area contributed by atoms with Crippen LogP contribution in [0.25, 0.3) is 0 Å². The molecule has 0 radical (unpaired) electrons. The molecule has 0 aliphatic carbocycles. The molecule has 1 amide bonds. The van der Waals surface area contributed by atoms with Crippen LogP contribution in [0.15, 0.2) is 36.4 Å². The van der Waals surface area contributed by atoms with Gasteiger partial charge in [0.1, 0.15) is 5.82 Å². The van der Waals surface area contributed by atoms with Crippen LogP contribution in [0, 0.1) is 5.82 Å². The van der Waals surface area contributed by atoms with Gasteiger partial charge in [-0.05, 0) is 35.4 Å². The minimum Gasteiger partial charge on any atom is -0.328 e. The number of anilines is 1. The van der Waals surface area contributed by atoms with E-state index < -0.39 is 5.82 Å². The average molecular weight is 353 g/mol. The summed E-state index contributed by atoms with van der Waals surface area (Å²) in [6.07, 6.45) is 0.573. The molecule has 1 saturated heterocycles. The van der Waals surface area contributed by atoms with Crippen LogP contribution in [0.3, 0.4) is 0 Å². The summed E-state index contributed by atoms with van der Waals surface area (Å²) in [7, 11) is 0. The maximum Gasteiger partial charge on any atom is 0.211 e. The van der Waals surface area contributed by atoms with Crippen LogP contribution in [-0.2, 0) is 4.79 Å². The standard InChI is InChI=1S/C17H15Cl2FN2O/c18-11-3-1-2-10(4-11)13-7-21-8-14(13)12-5-16(20)15(19)6-17(12)22-9-23/h1-6,9,13-14,21H,7-8H2,(H,22,23). The Morgan fingerprint density at radius 3 is 2.70 bits per heavy atom. The van der Waals surface area contributed by atoms with Gasteiger partial charge in [-0.1, -0.05) is 35.3 Å². The summed E-state index contributed by atoms with van der Waals surface area (Å²) in [6.45, 7) is 1.45. The Balaban J connectivity index is 2.02. The fraction of sp³-hybridized carbons (Fsp3) is 0.235. The van der Waals surface area contributed by atoms with Gasteiger partial charge in [0.2, 0.25) is 6.41 Å². The van der Waals surface area contributed by atoms with Crippen LogP contribution >= 0.6 is 23.2 Å². The molecule has 0 spiro atoms. The van der Waals surface area contributed by atoms with E-state index in [1.165, 1.54) is 12.1 Å². The second kappa shape index (κ2) is 6.87. The van der Waals surface area contributed by atoms with Crippen LogP contribution in [0.4, 0.5) is 10.1 Å². The number of benzene rings is 2. The lowest BCUT2D eigenvalue weighted by atomic mass is 9.83. The largest absolute Gasteiger partial charge is 0.328 e. The summed E-state index contributed by atoms with van der Waals surface area (Å²) >= 11 is 11.9. The number of carbonyl (C=O) groups excluding carboxylic acids is 1. The molecule has 1 aliphatic heterocycles. The summed E-state index contributed by atoms with van der Waals surface area (Å²) in [6, 6.07) is 10.5. The van der Waals surface area contributed by atoms with Crippen molar-refractivity contribution in [3.8, 4) is 0 Å². The zero-order chi connectivity index (χ0) is 16.4. The number of halogens is 3. The number of nitrogens with one attached hydrogen (secondary N) is 2. The second-order valence-corrected chi connectivity index (χ2v) is 6.39. The average Bonchev–Trinajstić information content (AvgIpc) is 3.00. The molecule has 1 aliphatic rings. The van der Waals surface area contributed by atoms with Gasteiger partial charge in [-0.2, -0.15) is 0 Å². The molecule has 0 bridgehead atoms. The van der Waals surface area contributed by atoms with Gasteiger partial charge in [-0.25, -0.2) is 4.39 Å². The summed E-state index contributed by atoms with van der Waals surface area (Å²) in [4.78, 5) is 10.9. The minimum atomic E-state index is -0.491. The van der Waals surface area contributed by atoms with Crippen LogP contribution in [0.5, 0.6) is 0 Å². The number of amides is 1. The van der Waals surface area contributed by atoms with Crippen molar-refractivity contribution in [1.82, 2.24) is 5.32 Å². The van der Waals surface area contributed by atoms with Gasteiger partial charge in [0, 0.05) is 35.6 Å². The van der Waals surface area contributed by atoms with E-state index in [-0.39, 0.29) is 16.9 Å². The normalized spacial score (nSPS) is 20.5. The van der Waals surface area contributed by atoms with E-state index in [4.69, 9.17) is 23.2 Å². The van der Waals surface area contributed by atoms with Crippen LogP contribution in [-0.4, -0.2) is 19.5 Å². The van der Waals surface area contributed by atoms with E-state index in [2.05, 4.69) is 10.6 Å². The van der Waals surface area contributed by atoms with Gasteiger partial charge >= 0.3 is 0 Å². The number of carbonyl (C=O) groups is 1. The van der Waals surface area contributed by atoms with Crippen molar-refractivity contribution in [2.75, 3.05) is 18.4 Å². The first-order valence-corrected chi connectivity index (χ1v) is 8.01. The van der Waals surface area contributed by atoms with Crippen LogP contribution in [0.2, 0.25) is 10.0 Å². The maximum atomic E-state index is 14.0. The van der Waals surface area contributed by atoms with Crippen molar-refractivity contribution < 1.29 is 9.18 Å². The highest BCUT2D eigenvalue weighted by Crippen LogP contribution is 2.40. The van der Waals surface area contributed by atoms with Gasteiger partial charge in [-0.15, -0.1) is 0 Å². The highest BCUT2D eigenvalue weighted by Gasteiger charge is 2.32. The number of hydrogen-bond donors (Lipinski definition) is 2. The molecule has 2 aromatic carbocycles. The van der Waals surface area contributed by atoms with Crippen LogP contribution < -0.4 is 10.6 Å². The van der Waals surface area contributed by atoms with Gasteiger partial charge in [0.15, 0.2) is 0 Å². The van der Waals surface area contributed by atoms with Gasteiger partial charge in [0.05, 0.1) is 5.02 Å². The Morgan fingerprint density at radius 2 is 1.96 bits per heavy atom. The molecule has 6 heteroatoms. The zero-order valence-corrected chi connectivity index (χ0v) is 13.7. The lowest BCUT2D eigenvalue weighted by molar-refractivity contribution is -0.105. The third-order valence-electron chi connectivity index (χ3n) is 4.20. The second-order valence-electron chi connectivity index (χ2n) is 5.54. The van der Waals surface area contributed by atoms with Gasteiger partial charge in [0.25, 0.3) is 0 Å². The third-order valence-corrected chi connectivity index (χ3v) is 4.72. The Labute approximate surface area is 143 Å². The lowest BCUT2D eigenvalue weighted by Crippen LogP contribution is -2.12. The zero-order valence-electron chi connectivity index (χ0n) is 12.2. The molecule has 0 aromatic heterocycles. The molecular formula is C17H15Cl2FN2O. The van der Waals surface area contributed by atoms with Crippen molar-refractivity contribution in [3.05, 3.63) is 63.4 Å². The van der Waals surface area contributed by atoms with E-state index in [9.17, 15) is 9.18 Å². The quantitative estimate of drug-likeness (QED) is 0.810. The number of rotatable bonds is 4. The Bertz CT molecular complexity index is 739. The van der Waals surface area contributed by atoms with Crippen LogP contribution in [0.1, 0.15) is 23.0 Å². The van der Waals surface area contributed by atoms with E-state index in [0.717, 1.165) is 17.7 Å². The van der Waals surface area contributed by atoms with Gasteiger partial charge < -0.3 is 10.6 Å². The third kappa shape index (κ3) is 3.34. The predicted molar refractivity (Wildman–Crippen MR) is 90.9 cm³/mol. The SMILES string of the molecule is O=CNc1cc(Cl)c(F)cc1C1CNCC1c1cccc(Cl)c1. The van der Waals surface area contributed by atoms with E-state index >= 15 is 0 Å². The molecular weight excluding hydrogens is 338 g/mol. The first-order chi connectivity index (χ1) is 11.1. The van der Waals surface area contributed by atoms with Gasteiger partial charge in [-0.3, -0.25) is 4.79 Å². The molecule has 2 N–H and O–H groups in total. The number of hydrogen-bond acceptors (Lipinski definition) is 2. The molecule has 23 heavy (non-hydrogen) atoms. The topological polar surface area (TPSA) is 41.1 Å². The van der Waals surface area contributed by atoms with E-state index in [0.29, 0.717) is 23.7 Å². The highest BCUT2D eigenvalue weighted by atomic mass is 35.5. The molecule has 0 saturated carbocycles. The molecule has 3 nitrogen and oxygen atoms in total. The first-order valence-electron chi connectivity index (χ1n) is 7.25. The van der Waals surface area contributed by atoms with Crippen molar-refractivity contribution >= 4 is 35.3 Å². The summed E-state index contributed by atoms with van der Waals surface area (Å²) in [5, 5.41) is 6.60. The Kier molecular flexibility index (Phi) is 4.85. The molecule has 3 rings (SSSR count). The Hall–Kier alpha value is -1.62. The molecule has 2 aromatic rings. The van der Waals surface area contributed by atoms with E-state index in [1.54, 1.807) is 0 Å². The van der Waals surface area contributed by atoms with Crippen molar-refractivity contribution in [3.63, 3.8) is 0 Å². The predicted octanol–water partition coefficient (Wildman–Crippen LogP) is 4.17. The monoisotopic (exact) mass is 352 g/mol. The highest BCUT2D eigenvalue weighted by molar-refractivity contribution is 6.31. The molecule has 2 atom stereocenters. The summed E-state index contributed by atoms with van der Waals surface area (Å²) < 4.78 is 14.0. The molecule has 120 valence electrons. The fourth-order valence-corrected chi connectivity index (χ4v) is 3.51. The van der Waals surface area contributed by atoms with Crippen molar-refractivity contribution in [2.45, 2.75) is 11.8 Å². The minimum absolute atomic E-state index is 0.0108. The molecule has 1 fully saturated rings. The molecule has 1 heterocycles. The first kappa shape index (κ1) is 16.2. The van der Waals surface area contributed by atoms with Crippen molar-refractivity contribution in [2.24, 2.45) is 0 Å². The lowest BCUT2D eigenvalue weighted by Gasteiger charge is -2.22. The summed E-state index contributed by atoms with van der Waals surface area (Å²) in [5.41, 5.74) is 2.35. The van der Waals surface area contributed by atoms with Crippen molar-refractivity contribution in [1.29, 1.82) is 0 Å². The maximum absolute atomic E-state index is 14.0. The Morgan fingerprint density at radius 1 is 1.17 bits per heavy atom. The molecule has 2 unspecified atom stereocenters. The summed E-state index contributed by atoms with van der Waals surface area (Å²) in [5.74, 6) is -0.334. The van der Waals surface area contributed by atoms with E-state index in [1.807, 2.05) is 24.3 Å². The fourth-order valence-electron chi connectivity index (χ4n) is 3.15.